The number of carbonyl (C=O) groups excluding carboxylic acids is 1. The smallest absolute Gasteiger partial charge is 0.236 e. The molecule has 0 bridgehead atoms. The fourth-order valence-electron chi connectivity index (χ4n) is 4.28. The highest BCUT2D eigenvalue weighted by Gasteiger charge is 2.17. The molecule has 3 aromatic carbocycles. The van der Waals surface area contributed by atoms with Crippen LogP contribution in [-0.4, -0.2) is 36.4 Å². The molecule has 1 N–H and O–H groups in total. The molecule has 3 aromatic heterocycles. The molecule has 0 unspecified atom stereocenters. The lowest BCUT2D eigenvalue weighted by molar-refractivity contribution is -0.113. The SMILES string of the molecule is Cc1sc(NC(=O)CSc2nnc3c4ccccc4n(Cc4ccccc4)c3n2)nc1-c1ccccc1. The molecule has 0 aliphatic heterocycles. The van der Waals surface area contributed by atoms with E-state index in [1.807, 2.05) is 73.7 Å². The number of nitrogens with zero attached hydrogens (tertiary/aromatic N) is 5. The number of para-hydroxylation sites is 1. The predicted molar refractivity (Wildman–Crippen MR) is 150 cm³/mol. The van der Waals surface area contributed by atoms with Crippen LogP contribution >= 0.6 is 23.1 Å². The van der Waals surface area contributed by atoms with Crippen LogP contribution < -0.4 is 5.32 Å². The number of thiazole rings is 1. The van der Waals surface area contributed by atoms with Crippen LogP contribution in [0.3, 0.4) is 0 Å². The Morgan fingerprint density at radius 1 is 0.919 bits per heavy atom. The first-order valence-corrected chi connectivity index (χ1v) is 13.6. The summed E-state index contributed by atoms with van der Waals surface area (Å²) in [6.07, 6.45) is 0. The standard InChI is InChI=1S/C28H22N6OS2/c1-18-24(20-12-6-3-7-13-20)30-27(37-18)29-23(35)17-36-28-31-26-25(32-33-28)21-14-8-9-15-22(21)34(26)16-19-10-4-2-5-11-19/h2-15H,16-17H2,1H3,(H,29,30,35). The van der Waals surface area contributed by atoms with E-state index >= 15 is 0 Å². The Labute approximate surface area is 221 Å². The van der Waals surface area contributed by atoms with E-state index in [-0.39, 0.29) is 11.7 Å². The van der Waals surface area contributed by atoms with Crippen molar-refractivity contribution in [3.05, 3.63) is 95.4 Å². The normalized spacial score (nSPS) is 11.3. The minimum Gasteiger partial charge on any atom is -0.319 e. The Hall–Kier alpha value is -4.08. The van der Waals surface area contributed by atoms with Crippen LogP contribution in [0.15, 0.2) is 90.1 Å². The molecule has 37 heavy (non-hydrogen) atoms. The first-order chi connectivity index (χ1) is 18.2. The van der Waals surface area contributed by atoms with E-state index in [0.717, 1.165) is 38.2 Å². The van der Waals surface area contributed by atoms with Gasteiger partial charge in [0.25, 0.3) is 0 Å². The van der Waals surface area contributed by atoms with Crippen molar-refractivity contribution in [1.29, 1.82) is 0 Å². The average molecular weight is 523 g/mol. The van der Waals surface area contributed by atoms with E-state index < -0.39 is 0 Å². The summed E-state index contributed by atoms with van der Waals surface area (Å²) in [6, 6.07) is 28.3. The molecular formula is C28H22N6OS2. The lowest BCUT2D eigenvalue weighted by Gasteiger charge is -2.07. The molecule has 0 saturated carbocycles. The Balaban J connectivity index is 1.21. The van der Waals surface area contributed by atoms with Gasteiger partial charge in [-0.3, -0.25) is 4.79 Å². The molecular weight excluding hydrogens is 500 g/mol. The molecule has 0 radical (unpaired) electrons. The number of benzene rings is 3. The van der Waals surface area contributed by atoms with E-state index in [1.54, 1.807) is 0 Å². The third-order valence-corrected chi connectivity index (χ3v) is 7.68. The van der Waals surface area contributed by atoms with Gasteiger partial charge >= 0.3 is 0 Å². The Kier molecular flexibility index (Phi) is 6.38. The van der Waals surface area contributed by atoms with E-state index in [9.17, 15) is 4.79 Å². The van der Waals surface area contributed by atoms with Crippen molar-refractivity contribution in [2.45, 2.75) is 18.6 Å². The molecule has 182 valence electrons. The Morgan fingerprint density at radius 3 is 2.46 bits per heavy atom. The number of hydrogen-bond acceptors (Lipinski definition) is 7. The van der Waals surface area contributed by atoms with Gasteiger partial charge in [0.05, 0.1) is 17.0 Å². The topological polar surface area (TPSA) is 85.6 Å². The highest BCUT2D eigenvalue weighted by molar-refractivity contribution is 7.99. The van der Waals surface area contributed by atoms with Crippen LogP contribution in [0.1, 0.15) is 10.4 Å². The number of nitrogens with one attached hydrogen (secondary N) is 1. The molecule has 1 amide bonds. The van der Waals surface area contributed by atoms with E-state index in [0.29, 0.717) is 16.8 Å². The molecule has 7 nitrogen and oxygen atoms in total. The summed E-state index contributed by atoms with van der Waals surface area (Å²) >= 11 is 2.73. The van der Waals surface area contributed by atoms with Crippen molar-refractivity contribution in [1.82, 2.24) is 24.7 Å². The summed E-state index contributed by atoms with van der Waals surface area (Å²) in [4.78, 5) is 23.2. The molecule has 3 heterocycles. The fraction of sp³-hybridized carbons (Fsp3) is 0.107. The largest absolute Gasteiger partial charge is 0.319 e. The van der Waals surface area contributed by atoms with Crippen molar-refractivity contribution in [2.24, 2.45) is 0 Å². The second-order valence-corrected chi connectivity index (χ2v) is 10.6. The van der Waals surface area contributed by atoms with Gasteiger partial charge in [0.1, 0.15) is 5.52 Å². The second-order valence-electron chi connectivity index (χ2n) is 8.48. The third-order valence-electron chi connectivity index (χ3n) is 5.96. The van der Waals surface area contributed by atoms with Crippen molar-refractivity contribution >= 4 is 56.2 Å². The number of rotatable bonds is 7. The van der Waals surface area contributed by atoms with E-state index in [4.69, 9.17) is 4.98 Å². The van der Waals surface area contributed by atoms with Gasteiger partial charge in [-0.05, 0) is 18.6 Å². The predicted octanol–water partition coefficient (Wildman–Crippen LogP) is 6.19. The Bertz CT molecular complexity index is 1710. The maximum atomic E-state index is 12.7. The number of anilines is 1. The zero-order valence-electron chi connectivity index (χ0n) is 20.0. The monoisotopic (exact) mass is 522 g/mol. The molecule has 0 fully saturated rings. The quantitative estimate of drug-likeness (QED) is 0.252. The summed E-state index contributed by atoms with van der Waals surface area (Å²) in [5, 5.41) is 13.8. The molecule has 0 aliphatic carbocycles. The number of aromatic nitrogens is 5. The van der Waals surface area contributed by atoms with Crippen molar-refractivity contribution in [3.8, 4) is 11.3 Å². The number of fused-ring (bicyclic) bond motifs is 3. The summed E-state index contributed by atoms with van der Waals surface area (Å²) in [5.41, 5.74) is 5.66. The van der Waals surface area contributed by atoms with Crippen LogP contribution in [0.5, 0.6) is 0 Å². The van der Waals surface area contributed by atoms with Crippen molar-refractivity contribution in [3.63, 3.8) is 0 Å². The van der Waals surface area contributed by atoms with Crippen molar-refractivity contribution in [2.75, 3.05) is 11.1 Å². The summed E-state index contributed by atoms with van der Waals surface area (Å²) < 4.78 is 2.16. The average Bonchev–Trinajstić information content (AvgIpc) is 3.45. The number of aryl methyl sites for hydroxylation is 1. The van der Waals surface area contributed by atoms with Gasteiger partial charge in [-0.1, -0.05) is 90.6 Å². The third kappa shape index (κ3) is 4.83. The van der Waals surface area contributed by atoms with Gasteiger partial charge in [0.15, 0.2) is 10.8 Å². The fourth-order valence-corrected chi connectivity index (χ4v) is 5.71. The molecule has 0 aliphatic rings. The lowest BCUT2D eigenvalue weighted by Crippen LogP contribution is -2.14. The van der Waals surface area contributed by atoms with Gasteiger partial charge in [-0.2, -0.15) is 0 Å². The van der Waals surface area contributed by atoms with Gasteiger partial charge in [0.2, 0.25) is 11.1 Å². The van der Waals surface area contributed by atoms with Crippen LogP contribution in [-0.2, 0) is 11.3 Å². The number of carbonyl (C=O) groups is 1. The number of thioether (sulfide) groups is 1. The lowest BCUT2D eigenvalue weighted by atomic mass is 10.1. The molecule has 6 aromatic rings. The molecule has 0 atom stereocenters. The number of hydrogen-bond donors (Lipinski definition) is 1. The molecule has 0 spiro atoms. The summed E-state index contributed by atoms with van der Waals surface area (Å²) in [5.74, 6) is -0.00216. The zero-order chi connectivity index (χ0) is 25.2. The van der Waals surface area contributed by atoms with Crippen molar-refractivity contribution < 1.29 is 4.79 Å². The maximum Gasteiger partial charge on any atom is 0.236 e. The number of amides is 1. The second kappa shape index (κ2) is 10.1. The van der Waals surface area contributed by atoms with Crippen LogP contribution in [0.4, 0.5) is 5.13 Å². The highest BCUT2D eigenvalue weighted by atomic mass is 32.2. The Morgan fingerprint density at radius 2 is 1.65 bits per heavy atom. The van der Waals surface area contributed by atoms with Gasteiger partial charge in [-0.25, -0.2) is 9.97 Å². The van der Waals surface area contributed by atoms with Gasteiger partial charge < -0.3 is 9.88 Å². The van der Waals surface area contributed by atoms with E-state index in [1.165, 1.54) is 28.7 Å². The first kappa shape index (κ1) is 23.3. The maximum absolute atomic E-state index is 12.7. The van der Waals surface area contributed by atoms with Crippen LogP contribution in [0.25, 0.3) is 33.3 Å². The minimum atomic E-state index is -0.160. The summed E-state index contributed by atoms with van der Waals surface area (Å²) in [6.45, 7) is 2.68. The van der Waals surface area contributed by atoms with Gasteiger partial charge in [0, 0.05) is 22.4 Å². The van der Waals surface area contributed by atoms with Crippen LogP contribution in [0.2, 0.25) is 0 Å². The zero-order valence-corrected chi connectivity index (χ0v) is 21.6. The van der Waals surface area contributed by atoms with Crippen LogP contribution in [0, 0.1) is 6.92 Å². The highest BCUT2D eigenvalue weighted by Crippen LogP contribution is 2.31. The summed E-state index contributed by atoms with van der Waals surface area (Å²) in [7, 11) is 0. The first-order valence-electron chi connectivity index (χ1n) is 11.8. The minimum absolute atomic E-state index is 0.158. The molecule has 9 heteroatoms. The molecule has 6 rings (SSSR count). The van der Waals surface area contributed by atoms with Gasteiger partial charge in [-0.15, -0.1) is 21.5 Å². The van der Waals surface area contributed by atoms with E-state index in [2.05, 4.69) is 43.3 Å². The molecule has 0 saturated heterocycles.